The van der Waals surface area contributed by atoms with Gasteiger partial charge in [-0.2, -0.15) is 0 Å². The Kier molecular flexibility index (Phi) is 4.91. The summed E-state index contributed by atoms with van der Waals surface area (Å²) >= 11 is 11.8. The van der Waals surface area contributed by atoms with E-state index in [0.29, 0.717) is 22.0 Å². The fraction of sp³-hybridized carbons (Fsp3) is 0.500. The summed E-state index contributed by atoms with van der Waals surface area (Å²) in [6.07, 6.45) is 0. The molecule has 15 heavy (non-hydrogen) atoms. The number of rotatable bonds is 4. The van der Waals surface area contributed by atoms with Crippen LogP contribution in [0.25, 0.3) is 0 Å². The highest BCUT2D eigenvalue weighted by Crippen LogP contribution is 2.22. The zero-order chi connectivity index (χ0) is 11.4. The normalized spacial score (nSPS) is 13.2. The Hall–Kier alpha value is -0.240. The quantitative estimate of drug-likeness (QED) is 0.842. The van der Waals surface area contributed by atoms with Crippen molar-refractivity contribution in [2.75, 3.05) is 0 Å². The van der Waals surface area contributed by atoms with Crippen LogP contribution < -0.4 is 5.32 Å². The number of halogens is 2. The Labute approximate surface area is 102 Å². The highest BCUT2D eigenvalue weighted by atomic mass is 35.5. The Bertz CT molecular complexity index is 323. The van der Waals surface area contributed by atoms with Crippen LogP contribution >= 0.6 is 23.2 Å². The van der Waals surface area contributed by atoms with Gasteiger partial charge in [0.2, 0.25) is 0 Å². The van der Waals surface area contributed by atoms with Crippen molar-refractivity contribution in [3.63, 3.8) is 0 Å². The van der Waals surface area contributed by atoms with Crippen LogP contribution in [0.1, 0.15) is 26.3 Å². The van der Waals surface area contributed by atoms with Crippen LogP contribution in [-0.2, 0) is 6.54 Å². The molecule has 0 fully saturated rings. The van der Waals surface area contributed by atoms with E-state index in [1.165, 1.54) is 0 Å². The number of hydrogen-bond donors (Lipinski definition) is 1. The predicted octanol–water partition coefficient (Wildman–Crippen LogP) is 4.13. The molecule has 3 heteroatoms. The maximum Gasteiger partial charge on any atom is 0.0595 e. The van der Waals surface area contributed by atoms with E-state index in [-0.39, 0.29) is 0 Å². The number of hydrogen-bond acceptors (Lipinski definition) is 1. The van der Waals surface area contributed by atoms with E-state index in [2.05, 4.69) is 26.1 Å². The van der Waals surface area contributed by atoms with E-state index in [9.17, 15) is 0 Å². The standard InChI is InChI=1S/C12H17Cl2N/c1-8(2)9(3)15-7-10-4-5-11(13)12(14)6-10/h4-6,8-9,15H,7H2,1-3H3/t9-/m1/s1. The number of nitrogens with one attached hydrogen (secondary N) is 1. The molecule has 1 aromatic carbocycles. The topological polar surface area (TPSA) is 12.0 Å². The molecule has 0 amide bonds. The van der Waals surface area contributed by atoms with E-state index in [0.717, 1.165) is 12.1 Å². The van der Waals surface area contributed by atoms with E-state index < -0.39 is 0 Å². The van der Waals surface area contributed by atoms with Gasteiger partial charge in [0.1, 0.15) is 0 Å². The molecule has 0 heterocycles. The summed E-state index contributed by atoms with van der Waals surface area (Å²) in [7, 11) is 0. The third kappa shape index (κ3) is 4.02. The van der Waals surface area contributed by atoms with Crippen molar-refractivity contribution in [3.8, 4) is 0 Å². The van der Waals surface area contributed by atoms with Crippen LogP contribution in [0.2, 0.25) is 10.0 Å². The van der Waals surface area contributed by atoms with Crippen molar-refractivity contribution in [2.24, 2.45) is 5.92 Å². The van der Waals surface area contributed by atoms with Gasteiger partial charge in [0.15, 0.2) is 0 Å². The molecule has 0 unspecified atom stereocenters. The summed E-state index contributed by atoms with van der Waals surface area (Å²) in [6.45, 7) is 7.41. The average molecular weight is 246 g/mol. The van der Waals surface area contributed by atoms with Gasteiger partial charge in [0, 0.05) is 12.6 Å². The van der Waals surface area contributed by atoms with Crippen molar-refractivity contribution in [3.05, 3.63) is 33.8 Å². The third-order valence-electron chi connectivity index (χ3n) is 2.61. The maximum absolute atomic E-state index is 5.93. The molecule has 0 radical (unpaired) electrons. The third-order valence-corrected chi connectivity index (χ3v) is 3.35. The van der Waals surface area contributed by atoms with Crippen molar-refractivity contribution in [1.29, 1.82) is 0 Å². The summed E-state index contributed by atoms with van der Waals surface area (Å²) in [4.78, 5) is 0. The molecule has 1 N–H and O–H groups in total. The zero-order valence-electron chi connectivity index (χ0n) is 9.35. The molecule has 1 rings (SSSR count). The smallest absolute Gasteiger partial charge is 0.0595 e. The Morgan fingerprint density at radius 3 is 2.33 bits per heavy atom. The molecule has 0 aromatic heterocycles. The molecule has 1 atom stereocenters. The molecule has 0 saturated heterocycles. The lowest BCUT2D eigenvalue weighted by Crippen LogP contribution is -2.30. The minimum Gasteiger partial charge on any atom is -0.310 e. The molecule has 0 aliphatic rings. The first-order valence-electron chi connectivity index (χ1n) is 5.18. The minimum absolute atomic E-state index is 0.499. The molecule has 0 aliphatic carbocycles. The van der Waals surface area contributed by atoms with E-state index >= 15 is 0 Å². The second-order valence-electron chi connectivity index (χ2n) is 4.16. The minimum atomic E-state index is 0.499. The summed E-state index contributed by atoms with van der Waals surface area (Å²) in [5.74, 6) is 0.632. The first-order valence-corrected chi connectivity index (χ1v) is 5.93. The molecule has 1 aromatic rings. The van der Waals surface area contributed by atoms with Crippen LogP contribution in [0.4, 0.5) is 0 Å². The van der Waals surface area contributed by atoms with Crippen LogP contribution in [0.5, 0.6) is 0 Å². The molecule has 84 valence electrons. The van der Waals surface area contributed by atoms with Gasteiger partial charge in [-0.25, -0.2) is 0 Å². The zero-order valence-corrected chi connectivity index (χ0v) is 10.9. The highest BCUT2D eigenvalue weighted by Gasteiger charge is 2.06. The van der Waals surface area contributed by atoms with Gasteiger partial charge in [0.25, 0.3) is 0 Å². The van der Waals surface area contributed by atoms with Gasteiger partial charge in [-0.15, -0.1) is 0 Å². The van der Waals surface area contributed by atoms with Gasteiger partial charge in [-0.3, -0.25) is 0 Å². The van der Waals surface area contributed by atoms with Crippen molar-refractivity contribution >= 4 is 23.2 Å². The van der Waals surface area contributed by atoms with Crippen molar-refractivity contribution in [1.82, 2.24) is 5.32 Å². The monoisotopic (exact) mass is 245 g/mol. The first-order chi connectivity index (χ1) is 7.00. The first kappa shape index (κ1) is 12.8. The van der Waals surface area contributed by atoms with Crippen molar-refractivity contribution < 1.29 is 0 Å². The summed E-state index contributed by atoms with van der Waals surface area (Å²) in [5.41, 5.74) is 1.16. The Morgan fingerprint density at radius 2 is 1.80 bits per heavy atom. The van der Waals surface area contributed by atoms with Crippen molar-refractivity contribution in [2.45, 2.75) is 33.4 Å². The SMILES string of the molecule is CC(C)[C@@H](C)NCc1ccc(Cl)c(Cl)c1. The van der Waals surface area contributed by atoms with Gasteiger partial charge in [0.05, 0.1) is 10.0 Å². The van der Waals surface area contributed by atoms with Crippen LogP contribution in [0.15, 0.2) is 18.2 Å². The lowest BCUT2D eigenvalue weighted by Gasteiger charge is -2.17. The Balaban J connectivity index is 2.55. The average Bonchev–Trinajstić information content (AvgIpc) is 2.19. The molecule has 1 nitrogen and oxygen atoms in total. The molecular weight excluding hydrogens is 229 g/mol. The van der Waals surface area contributed by atoms with Crippen LogP contribution in [0.3, 0.4) is 0 Å². The summed E-state index contributed by atoms with van der Waals surface area (Å²) < 4.78 is 0. The molecule has 0 saturated carbocycles. The predicted molar refractivity (Wildman–Crippen MR) is 67.6 cm³/mol. The fourth-order valence-electron chi connectivity index (χ4n) is 1.16. The lowest BCUT2D eigenvalue weighted by molar-refractivity contribution is 0.426. The van der Waals surface area contributed by atoms with Crippen LogP contribution in [-0.4, -0.2) is 6.04 Å². The number of benzene rings is 1. The molecule has 0 spiro atoms. The van der Waals surface area contributed by atoms with Gasteiger partial charge in [-0.05, 0) is 30.5 Å². The lowest BCUT2D eigenvalue weighted by atomic mass is 10.1. The molecule has 0 aliphatic heterocycles. The second-order valence-corrected chi connectivity index (χ2v) is 4.98. The highest BCUT2D eigenvalue weighted by molar-refractivity contribution is 6.42. The largest absolute Gasteiger partial charge is 0.310 e. The van der Waals surface area contributed by atoms with E-state index in [4.69, 9.17) is 23.2 Å². The van der Waals surface area contributed by atoms with E-state index in [1.54, 1.807) is 0 Å². The Morgan fingerprint density at radius 1 is 1.13 bits per heavy atom. The maximum atomic E-state index is 5.93. The summed E-state index contributed by atoms with van der Waals surface area (Å²) in [5, 5.41) is 4.67. The van der Waals surface area contributed by atoms with Gasteiger partial charge in [-0.1, -0.05) is 43.1 Å². The fourth-order valence-corrected chi connectivity index (χ4v) is 1.48. The van der Waals surface area contributed by atoms with Gasteiger partial charge < -0.3 is 5.32 Å². The second kappa shape index (κ2) is 5.74. The van der Waals surface area contributed by atoms with Crippen LogP contribution in [0, 0.1) is 5.92 Å². The summed E-state index contributed by atoms with van der Waals surface area (Å²) in [6, 6.07) is 6.23. The van der Waals surface area contributed by atoms with Gasteiger partial charge >= 0.3 is 0 Å². The van der Waals surface area contributed by atoms with E-state index in [1.807, 2.05) is 18.2 Å². The molecular formula is C12H17Cl2N. The molecule has 0 bridgehead atoms.